The SMILES string of the molecule is CCOC(=O)c1ccc(NC(=O)CCCC(=O)OCC(=O)Nc2cc(C)cc(C)c2)cc1. The van der Waals surface area contributed by atoms with Gasteiger partial charge in [-0.3, -0.25) is 14.4 Å². The maximum atomic E-state index is 12.0. The first kappa shape index (κ1) is 24.6. The van der Waals surface area contributed by atoms with Gasteiger partial charge in [-0.15, -0.1) is 0 Å². The summed E-state index contributed by atoms with van der Waals surface area (Å²) in [5.41, 5.74) is 3.62. The minimum Gasteiger partial charge on any atom is -0.462 e. The van der Waals surface area contributed by atoms with Crippen molar-refractivity contribution in [2.75, 3.05) is 23.8 Å². The lowest BCUT2D eigenvalue weighted by Crippen LogP contribution is -2.21. The van der Waals surface area contributed by atoms with Gasteiger partial charge >= 0.3 is 11.9 Å². The summed E-state index contributed by atoms with van der Waals surface area (Å²) in [6, 6.07) is 12.0. The number of esters is 2. The molecule has 2 rings (SSSR count). The topological polar surface area (TPSA) is 111 Å². The molecule has 0 saturated heterocycles. The van der Waals surface area contributed by atoms with E-state index in [1.54, 1.807) is 31.2 Å². The molecule has 0 aromatic heterocycles. The molecule has 0 unspecified atom stereocenters. The molecular formula is C24H28N2O6. The zero-order valence-corrected chi connectivity index (χ0v) is 18.5. The van der Waals surface area contributed by atoms with Gasteiger partial charge in [-0.25, -0.2) is 4.79 Å². The van der Waals surface area contributed by atoms with Crippen LogP contribution < -0.4 is 10.6 Å². The van der Waals surface area contributed by atoms with Crippen molar-refractivity contribution in [3.63, 3.8) is 0 Å². The number of benzene rings is 2. The Morgan fingerprint density at radius 1 is 0.781 bits per heavy atom. The highest BCUT2D eigenvalue weighted by Crippen LogP contribution is 2.14. The van der Waals surface area contributed by atoms with E-state index in [1.165, 1.54) is 0 Å². The van der Waals surface area contributed by atoms with Crippen LogP contribution in [-0.2, 0) is 23.9 Å². The van der Waals surface area contributed by atoms with Gasteiger partial charge in [0, 0.05) is 24.2 Å². The summed E-state index contributed by atoms with van der Waals surface area (Å²) in [7, 11) is 0. The van der Waals surface area contributed by atoms with E-state index in [1.807, 2.05) is 32.0 Å². The molecule has 2 N–H and O–H groups in total. The van der Waals surface area contributed by atoms with E-state index in [0.717, 1.165) is 11.1 Å². The number of nitrogens with one attached hydrogen (secondary N) is 2. The van der Waals surface area contributed by atoms with Crippen LogP contribution >= 0.6 is 0 Å². The molecular weight excluding hydrogens is 412 g/mol. The molecule has 2 aromatic carbocycles. The van der Waals surface area contributed by atoms with Crippen LogP contribution in [0.5, 0.6) is 0 Å². The fourth-order valence-corrected chi connectivity index (χ4v) is 2.98. The van der Waals surface area contributed by atoms with Gasteiger partial charge in [0.1, 0.15) is 0 Å². The Balaban J connectivity index is 1.66. The van der Waals surface area contributed by atoms with Crippen molar-refractivity contribution in [2.45, 2.75) is 40.0 Å². The summed E-state index contributed by atoms with van der Waals surface area (Å²) in [5, 5.41) is 5.38. The van der Waals surface area contributed by atoms with Crippen LogP contribution in [0.25, 0.3) is 0 Å². The number of aryl methyl sites for hydroxylation is 2. The van der Waals surface area contributed by atoms with E-state index in [0.29, 0.717) is 16.9 Å². The molecule has 8 heteroatoms. The standard InChI is InChI=1S/C24H28N2O6/c1-4-31-24(30)18-8-10-19(11-9-18)25-21(27)6-5-7-23(29)32-15-22(28)26-20-13-16(2)12-17(3)14-20/h8-14H,4-7,15H2,1-3H3,(H,25,27)(H,26,28). The minimum absolute atomic E-state index is 0.0199. The number of ether oxygens (including phenoxy) is 2. The Hall–Kier alpha value is -3.68. The van der Waals surface area contributed by atoms with Gasteiger partial charge in [0.15, 0.2) is 6.61 Å². The summed E-state index contributed by atoms with van der Waals surface area (Å²) < 4.78 is 9.87. The minimum atomic E-state index is -0.549. The Labute approximate surface area is 187 Å². The van der Waals surface area contributed by atoms with E-state index < -0.39 is 17.8 Å². The molecule has 2 aromatic rings. The van der Waals surface area contributed by atoms with Crippen LogP contribution in [0.2, 0.25) is 0 Å². The first-order valence-corrected chi connectivity index (χ1v) is 10.4. The highest BCUT2D eigenvalue weighted by atomic mass is 16.5. The predicted octanol–water partition coefficient (Wildman–Crippen LogP) is 3.77. The van der Waals surface area contributed by atoms with Crippen LogP contribution in [0.15, 0.2) is 42.5 Å². The van der Waals surface area contributed by atoms with Gasteiger partial charge in [0.25, 0.3) is 5.91 Å². The van der Waals surface area contributed by atoms with Gasteiger partial charge in [-0.1, -0.05) is 6.07 Å². The molecule has 0 saturated carbocycles. The lowest BCUT2D eigenvalue weighted by molar-refractivity contribution is -0.147. The number of amides is 2. The van der Waals surface area contributed by atoms with Crippen molar-refractivity contribution in [3.05, 3.63) is 59.2 Å². The second kappa shape index (κ2) is 12.2. The highest BCUT2D eigenvalue weighted by molar-refractivity contribution is 5.94. The van der Waals surface area contributed by atoms with Crippen molar-refractivity contribution in [1.82, 2.24) is 0 Å². The van der Waals surface area contributed by atoms with E-state index in [9.17, 15) is 19.2 Å². The fourth-order valence-electron chi connectivity index (χ4n) is 2.98. The average molecular weight is 440 g/mol. The van der Waals surface area contributed by atoms with Gasteiger partial charge in [-0.05, 0) is 74.7 Å². The largest absolute Gasteiger partial charge is 0.462 e. The van der Waals surface area contributed by atoms with E-state index in [2.05, 4.69) is 10.6 Å². The van der Waals surface area contributed by atoms with Crippen LogP contribution in [0.4, 0.5) is 11.4 Å². The van der Waals surface area contributed by atoms with Crippen LogP contribution in [-0.4, -0.2) is 37.0 Å². The average Bonchev–Trinajstić information content (AvgIpc) is 2.72. The summed E-state index contributed by atoms with van der Waals surface area (Å²) in [6.07, 6.45) is 0.416. The quantitative estimate of drug-likeness (QED) is 0.544. The van der Waals surface area contributed by atoms with Crippen LogP contribution in [0.3, 0.4) is 0 Å². The third kappa shape index (κ3) is 8.59. The Morgan fingerprint density at radius 3 is 2.03 bits per heavy atom. The smallest absolute Gasteiger partial charge is 0.338 e. The molecule has 32 heavy (non-hydrogen) atoms. The first-order valence-electron chi connectivity index (χ1n) is 10.4. The Kier molecular flexibility index (Phi) is 9.41. The molecule has 8 nitrogen and oxygen atoms in total. The zero-order valence-electron chi connectivity index (χ0n) is 18.5. The molecule has 170 valence electrons. The van der Waals surface area contributed by atoms with E-state index >= 15 is 0 Å². The maximum Gasteiger partial charge on any atom is 0.338 e. The molecule has 0 atom stereocenters. The molecule has 0 fully saturated rings. The van der Waals surface area contributed by atoms with E-state index in [4.69, 9.17) is 9.47 Å². The lowest BCUT2D eigenvalue weighted by atomic mass is 10.1. The van der Waals surface area contributed by atoms with Crippen molar-refractivity contribution < 1.29 is 28.7 Å². The third-order valence-corrected chi connectivity index (χ3v) is 4.33. The van der Waals surface area contributed by atoms with Crippen LogP contribution in [0.1, 0.15) is 47.7 Å². The van der Waals surface area contributed by atoms with Gasteiger partial charge < -0.3 is 20.1 Å². The predicted molar refractivity (Wildman–Crippen MR) is 120 cm³/mol. The zero-order chi connectivity index (χ0) is 23.5. The second-order valence-corrected chi connectivity index (χ2v) is 7.28. The first-order chi connectivity index (χ1) is 15.3. The highest BCUT2D eigenvalue weighted by Gasteiger charge is 2.11. The molecule has 0 aliphatic rings. The molecule has 0 spiro atoms. The molecule has 0 radical (unpaired) electrons. The van der Waals surface area contributed by atoms with Gasteiger partial charge in [0.2, 0.25) is 5.91 Å². The Bertz CT molecular complexity index is 949. The summed E-state index contributed by atoms with van der Waals surface area (Å²) in [4.78, 5) is 47.4. The number of hydrogen-bond acceptors (Lipinski definition) is 6. The van der Waals surface area contributed by atoms with Crippen molar-refractivity contribution in [3.8, 4) is 0 Å². The molecule has 0 aliphatic carbocycles. The van der Waals surface area contributed by atoms with Crippen molar-refractivity contribution in [1.29, 1.82) is 0 Å². The molecule has 0 heterocycles. The number of anilines is 2. The summed E-state index contributed by atoms with van der Waals surface area (Å²) in [6.45, 7) is 5.49. The van der Waals surface area contributed by atoms with Gasteiger partial charge in [0.05, 0.1) is 12.2 Å². The number of rotatable bonds is 10. The normalized spacial score (nSPS) is 10.2. The summed E-state index contributed by atoms with van der Waals surface area (Å²) >= 11 is 0. The van der Waals surface area contributed by atoms with Gasteiger partial charge in [-0.2, -0.15) is 0 Å². The Morgan fingerprint density at radius 2 is 1.41 bits per heavy atom. The number of carbonyl (C=O) groups excluding carboxylic acids is 4. The van der Waals surface area contributed by atoms with Crippen molar-refractivity contribution in [2.24, 2.45) is 0 Å². The number of carbonyl (C=O) groups is 4. The monoisotopic (exact) mass is 440 g/mol. The molecule has 0 aliphatic heterocycles. The van der Waals surface area contributed by atoms with E-state index in [-0.39, 0.29) is 38.4 Å². The maximum absolute atomic E-state index is 12.0. The van der Waals surface area contributed by atoms with Crippen molar-refractivity contribution >= 4 is 35.1 Å². The lowest BCUT2D eigenvalue weighted by Gasteiger charge is -2.09. The second-order valence-electron chi connectivity index (χ2n) is 7.28. The van der Waals surface area contributed by atoms with Crippen LogP contribution in [0, 0.1) is 13.8 Å². The molecule has 0 bridgehead atoms. The number of hydrogen-bond donors (Lipinski definition) is 2. The summed E-state index contributed by atoms with van der Waals surface area (Å²) in [5.74, 6) is -1.67. The fraction of sp³-hybridized carbons (Fsp3) is 0.333. The molecule has 2 amide bonds. The third-order valence-electron chi connectivity index (χ3n) is 4.33.